The highest BCUT2D eigenvalue weighted by molar-refractivity contribution is 5.63. The van der Waals surface area contributed by atoms with E-state index in [9.17, 15) is 0 Å². The maximum atomic E-state index is 5.06. The van der Waals surface area contributed by atoms with E-state index >= 15 is 0 Å². The molecule has 0 aromatic heterocycles. The molecule has 0 aliphatic carbocycles. The molecule has 0 fully saturated rings. The van der Waals surface area contributed by atoms with E-state index < -0.39 is 0 Å². The average Bonchev–Trinajstić information content (AvgIpc) is 2.11. The normalized spacial score (nSPS) is 32.4. The first-order valence-corrected chi connectivity index (χ1v) is 3.71. The monoisotopic (exact) mass is 141 g/mol. The lowest BCUT2D eigenvalue weighted by atomic mass is 9.79. The standard InChI is InChI=1S/C8H15NO/c1-6-7(5-9-10-6)8(2,3)4/h5-7H,1-4H3. The molecule has 10 heavy (non-hydrogen) atoms. The van der Waals surface area contributed by atoms with Crippen molar-refractivity contribution in [3.05, 3.63) is 0 Å². The maximum absolute atomic E-state index is 5.06. The lowest BCUT2D eigenvalue weighted by Crippen LogP contribution is -2.28. The SMILES string of the molecule is CC1ON=CC1C(C)(C)C. The van der Waals surface area contributed by atoms with Gasteiger partial charge in [-0.1, -0.05) is 25.9 Å². The first-order valence-electron chi connectivity index (χ1n) is 3.71. The Morgan fingerprint density at radius 1 is 1.40 bits per heavy atom. The van der Waals surface area contributed by atoms with Crippen LogP contribution in [0.1, 0.15) is 27.7 Å². The summed E-state index contributed by atoms with van der Waals surface area (Å²) in [7, 11) is 0. The molecule has 0 amide bonds. The summed E-state index contributed by atoms with van der Waals surface area (Å²) < 4.78 is 0. The molecule has 1 aliphatic rings. The highest BCUT2D eigenvalue weighted by Crippen LogP contribution is 2.31. The fraction of sp³-hybridized carbons (Fsp3) is 0.875. The van der Waals surface area contributed by atoms with Gasteiger partial charge in [0.1, 0.15) is 6.10 Å². The van der Waals surface area contributed by atoms with E-state index in [-0.39, 0.29) is 11.5 Å². The molecule has 0 aromatic carbocycles. The van der Waals surface area contributed by atoms with Gasteiger partial charge in [0.15, 0.2) is 0 Å². The van der Waals surface area contributed by atoms with Crippen molar-refractivity contribution in [3.8, 4) is 0 Å². The topological polar surface area (TPSA) is 21.6 Å². The molecule has 58 valence electrons. The second-order valence-electron chi connectivity index (χ2n) is 3.96. The minimum Gasteiger partial charge on any atom is -0.392 e. The zero-order chi connectivity index (χ0) is 7.78. The van der Waals surface area contributed by atoms with E-state index in [0.717, 1.165) is 0 Å². The van der Waals surface area contributed by atoms with Crippen molar-refractivity contribution in [2.75, 3.05) is 0 Å². The molecule has 0 N–H and O–H groups in total. The van der Waals surface area contributed by atoms with Crippen LogP contribution in [-0.4, -0.2) is 12.3 Å². The molecule has 1 rings (SSSR count). The van der Waals surface area contributed by atoms with Crippen molar-refractivity contribution in [1.29, 1.82) is 0 Å². The van der Waals surface area contributed by atoms with Crippen molar-refractivity contribution in [3.63, 3.8) is 0 Å². The lowest BCUT2D eigenvalue weighted by Gasteiger charge is -2.26. The molecule has 1 aliphatic heterocycles. The molecule has 0 saturated carbocycles. The lowest BCUT2D eigenvalue weighted by molar-refractivity contribution is 0.0473. The van der Waals surface area contributed by atoms with Crippen LogP contribution in [-0.2, 0) is 4.84 Å². The molecule has 1 heterocycles. The predicted octanol–water partition coefficient (Wildman–Crippen LogP) is 2.05. The van der Waals surface area contributed by atoms with Gasteiger partial charge in [0.25, 0.3) is 0 Å². The summed E-state index contributed by atoms with van der Waals surface area (Å²) >= 11 is 0. The highest BCUT2D eigenvalue weighted by atomic mass is 16.6. The van der Waals surface area contributed by atoms with Gasteiger partial charge in [0.2, 0.25) is 0 Å². The third-order valence-corrected chi connectivity index (χ3v) is 1.95. The summed E-state index contributed by atoms with van der Waals surface area (Å²) in [5.74, 6) is 0.465. The van der Waals surface area contributed by atoms with E-state index in [1.807, 2.05) is 6.21 Å². The molecule has 0 radical (unpaired) electrons. The van der Waals surface area contributed by atoms with Gasteiger partial charge in [-0.15, -0.1) is 0 Å². The van der Waals surface area contributed by atoms with Gasteiger partial charge in [0, 0.05) is 5.92 Å². The number of oxime groups is 1. The molecule has 0 aromatic rings. The second kappa shape index (κ2) is 2.26. The molecule has 0 spiro atoms. The average molecular weight is 141 g/mol. The second-order valence-corrected chi connectivity index (χ2v) is 3.96. The Balaban J connectivity index is 2.64. The van der Waals surface area contributed by atoms with Crippen molar-refractivity contribution >= 4 is 6.21 Å². The fourth-order valence-electron chi connectivity index (χ4n) is 1.31. The quantitative estimate of drug-likeness (QED) is 0.506. The molecule has 2 heteroatoms. The van der Waals surface area contributed by atoms with E-state index in [1.165, 1.54) is 0 Å². The van der Waals surface area contributed by atoms with Gasteiger partial charge in [-0.05, 0) is 12.3 Å². The van der Waals surface area contributed by atoms with Crippen LogP contribution in [0.5, 0.6) is 0 Å². The highest BCUT2D eigenvalue weighted by Gasteiger charge is 2.32. The molecule has 2 nitrogen and oxygen atoms in total. The van der Waals surface area contributed by atoms with Gasteiger partial charge in [-0.3, -0.25) is 0 Å². The Morgan fingerprint density at radius 2 is 2.00 bits per heavy atom. The smallest absolute Gasteiger partial charge is 0.133 e. The third kappa shape index (κ3) is 1.31. The number of hydrogen-bond acceptors (Lipinski definition) is 2. The zero-order valence-corrected chi connectivity index (χ0v) is 7.09. The Kier molecular flexibility index (Phi) is 1.71. The van der Waals surface area contributed by atoms with Gasteiger partial charge in [-0.2, -0.15) is 0 Å². The van der Waals surface area contributed by atoms with E-state index in [2.05, 4.69) is 32.9 Å². The largest absolute Gasteiger partial charge is 0.392 e. The molecular weight excluding hydrogens is 126 g/mol. The summed E-state index contributed by atoms with van der Waals surface area (Å²) in [6.07, 6.45) is 2.16. The van der Waals surface area contributed by atoms with Gasteiger partial charge in [-0.25, -0.2) is 0 Å². The van der Waals surface area contributed by atoms with E-state index in [4.69, 9.17) is 4.84 Å². The van der Waals surface area contributed by atoms with Crippen LogP contribution < -0.4 is 0 Å². The van der Waals surface area contributed by atoms with E-state index in [1.54, 1.807) is 0 Å². The van der Waals surface area contributed by atoms with Crippen molar-refractivity contribution < 1.29 is 4.84 Å². The fourth-order valence-corrected chi connectivity index (χ4v) is 1.31. The van der Waals surface area contributed by atoms with Gasteiger partial charge in [0.05, 0.1) is 6.21 Å². The number of hydrogen-bond donors (Lipinski definition) is 0. The Morgan fingerprint density at radius 3 is 2.20 bits per heavy atom. The van der Waals surface area contributed by atoms with Gasteiger partial charge >= 0.3 is 0 Å². The molecule has 2 atom stereocenters. The van der Waals surface area contributed by atoms with Crippen LogP contribution >= 0.6 is 0 Å². The van der Waals surface area contributed by atoms with Crippen LogP contribution in [0.2, 0.25) is 0 Å². The summed E-state index contributed by atoms with van der Waals surface area (Å²) in [5, 5.41) is 3.79. The van der Waals surface area contributed by atoms with Crippen LogP contribution in [0.3, 0.4) is 0 Å². The van der Waals surface area contributed by atoms with Crippen molar-refractivity contribution in [1.82, 2.24) is 0 Å². The van der Waals surface area contributed by atoms with Crippen LogP contribution in [0, 0.1) is 11.3 Å². The molecule has 0 bridgehead atoms. The molecule has 0 saturated heterocycles. The zero-order valence-electron chi connectivity index (χ0n) is 7.09. The Labute approximate surface area is 62.3 Å². The van der Waals surface area contributed by atoms with Crippen LogP contribution in [0.15, 0.2) is 5.16 Å². The van der Waals surface area contributed by atoms with Crippen molar-refractivity contribution in [2.45, 2.75) is 33.8 Å². The molecular formula is C8H15NO. The van der Waals surface area contributed by atoms with Crippen LogP contribution in [0.25, 0.3) is 0 Å². The summed E-state index contributed by atoms with van der Waals surface area (Å²) in [6, 6.07) is 0. The minimum absolute atomic E-state index is 0.250. The van der Waals surface area contributed by atoms with Gasteiger partial charge < -0.3 is 4.84 Å². The van der Waals surface area contributed by atoms with E-state index in [0.29, 0.717) is 5.92 Å². The maximum Gasteiger partial charge on any atom is 0.133 e. The number of nitrogens with zero attached hydrogens (tertiary/aromatic N) is 1. The van der Waals surface area contributed by atoms with Crippen molar-refractivity contribution in [2.24, 2.45) is 16.5 Å². The molecule has 2 unspecified atom stereocenters. The first-order chi connectivity index (χ1) is 4.52. The summed E-state index contributed by atoms with van der Waals surface area (Å²) in [6.45, 7) is 8.67. The first kappa shape index (κ1) is 7.58. The Bertz CT molecular complexity index is 146. The summed E-state index contributed by atoms with van der Waals surface area (Å²) in [4.78, 5) is 5.06. The minimum atomic E-state index is 0.250. The number of rotatable bonds is 0. The van der Waals surface area contributed by atoms with Crippen LogP contribution in [0.4, 0.5) is 0 Å². The summed E-state index contributed by atoms with van der Waals surface area (Å²) in [5.41, 5.74) is 0.277. The predicted molar refractivity (Wildman–Crippen MR) is 42.0 cm³/mol. The third-order valence-electron chi connectivity index (χ3n) is 1.95. The Hall–Kier alpha value is -0.530.